The molecule has 1 atom stereocenters. The van der Waals surface area contributed by atoms with Crippen LogP contribution in [-0.4, -0.2) is 0 Å². The van der Waals surface area contributed by atoms with Crippen LogP contribution in [-0.2, 0) is 17.3 Å². The van der Waals surface area contributed by atoms with Crippen molar-refractivity contribution in [3.05, 3.63) is 189 Å². The van der Waals surface area contributed by atoms with E-state index in [1.54, 1.807) is 0 Å². The summed E-state index contributed by atoms with van der Waals surface area (Å²) >= 11 is 0. The number of hydrogen-bond acceptors (Lipinski definition) is 0. The summed E-state index contributed by atoms with van der Waals surface area (Å²) in [5.74, 6) is 0.243. The lowest BCUT2D eigenvalue weighted by Crippen LogP contribution is -2.18. The lowest BCUT2D eigenvalue weighted by molar-refractivity contribution is 0.582. The molecule has 7 rings (SSSR count). The van der Waals surface area contributed by atoms with Gasteiger partial charge in [0, 0.05) is 11.3 Å². The summed E-state index contributed by atoms with van der Waals surface area (Å²) in [5.41, 5.74) is 19.2. The normalized spacial score (nSPS) is 15.3. The fraction of sp³-hybridized carbons (Fsp3) is 0.234. The maximum atomic E-state index is 2.49. The lowest BCUT2D eigenvalue weighted by Gasteiger charge is -2.30. The first-order valence-electron chi connectivity index (χ1n) is 17.1. The fourth-order valence-corrected chi connectivity index (χ4v) is 7.77. The molecule has 5 aromatic rings. The zero-order chi connectivity index (χ0) is 32.9. The van der Waals surface area contributed by atoms with Crippen molar-refractivity contribution in [1.82, 2.24) is 0 Å². The van der Waals surface area contributed by atoms with Crippen LogP contribution in [0.1, 0.15) is 96.2 Å². The first-order chi connectivity index (χ1) is 22.5. The van der Waals surface area contributed by atoms with Crippen molar-refractivity contribution < 1.29 is 0 Å². The predicted octanol–water partition coefficient (Wildman–Crippen LogP) is 12.3. The monoisotopic (exact) mass is 610 g/mol. The van der Waals surface area contributed by atoms with Crippen molar-refractivity contribution in [2.24, 2.45) is 0 Å². The van der Waals surface area contributed by atoms with Crippen LogP contribution in [0.2, 0.25) is 0 Å². The molecule has 0 radical (unpaired) electrons. The molecular weight excluding hydrogens is 565 g/mol. The summed E-state index contributed by atoms with van der Waals surface area (Å²) in [6.07, 6.45) is 10.5. The Morgan fingerprint density at radius 1 is 0.681 bits per heavy atom. The molecule has 0 amide bonds. The summed E-state index contributed by atoms with van der Waals surface area (Å²) < 4.78 is 0. The van der Waals surface area contributed by atoms with Crippen LogP contribution in [0.25, 0.3) is 22.3 Å². The first-order valence-corrected chi connectivity index (χ1v) is 17.1. The lowest BCUT2D eigenvalue weighted by atomic mass is 9.74. The molecule has 5 aromatic carbocycles. The molecule has 0 aliphatic heterocycles. The van der Waals surface area contributed by atoms with E-state index in [0.717, 1.165) is 6.42 Å². The van der Waals surface area contributed by atoms with E-state index in [0.29, 0.717) is 0 Å². The van der Waals surface area contributed by atoms with Crippen LogP contribution in [0.4, 0.5) is 0 Å². The Morgan fingerprint density at radius 2 is 1.34 bits per heavy atom. The Morgan fingerprint density at radius 3 is 2.00 bits per heavy atom. The van der Waals surface area contributed by atoms with Crippen LogP contribution in [0.5, 0.6) is 0 Å². The van der Waals surface area contributed by atoms with Gasteiger partial charge in [0.15, 0.2) is 0 Å². The summed E-state index contributed by atoms with van der Waals surface area (Å²) in [5, 5.41) is 0. The van der Waals surface area contributed by atoms with Gasteiger partial charge in [0.2, 0.25) is 0 Å². The molecule has 0 bridgehead atoms. The van der Waals surface area contributed by atoms with E-state index in [2.05, 4.69) is 182 Å². The van der Waals surface area contributed by atoms with Crippen LogP contribution in [0, 0.1) is 13.8 Å². The van der Waals surface area contributed by atoms with Crippen LogP contribution in [0.15, 0.2) is 133 Å². The van der Waals surface area contributed by atoms with Gasteiger partial charge in [-0.3, -0.25) is 0 Å². The van der Waals surface area contributed by atoms with E-state index in [4.69, 9.17) is 0 Å². The van der Waals surface area contributed by atoms with Crippen LogP contribution in [0.3, 0.4) is 0 Å². The number of hydrogen-bond donors (Lipinski definition) is 0. The van der Waals surface area contributed by atoms with Gasteiger partial charge in [-0.05, 0) is 104 Å². The van der Waals surface area contributed by atoms with Crippen LogP contribution < -0.4 is 0 Å². The third kappa shape index (κ3) is 5.65. The summed E-state index contributed by atoms with van der Waals surface area (Å²) in [6.45, 7) is 16.3. The van der Waals surface area contributed by atoms with Gasteiger partial charge in [0.05, 0.1) is 0 Å². The minimum Gasteiger partial charge on any atom is -0.0726 e. The molecule has 0 saturated carbocycles. The topological polar surface area (TPSA) is 0 Å². The zero-order valence-corrected chi connectivity index (χ0v) is 29.0. The van der Waals surface area contributed by atoms with Crippen molar-refractivity contribution in [2.75, 3.05) is 0 Å². The highest BCUT2D eigenvalue weighted by Crippen LogP contribution is 2.50. The molecule has 0 N–H and O–H groups in total. The molecule has 0 fully saturated rings. The van der Waals surface area contributed by atoms with Crippen LogP contribution >= 0.6 is 0 Å². The molecule has 0 spiro atoms. The smallest absolute Gasteiger partial charge is 0.0284 e. The third-order valence-electron chi connectivity index (χ3n) is 10.5. The van der Waals surface area contributed by atoms with Crippen molar-refractivity contribution in [3.63, 3.8) is 0 Å². The van der Waals surface area contributed by atoms with Gasteiger partial charge in [-0.15, -0.1) is 0 Å². The van der Waals surface area contributed by atoms with Gasteiger partial charge in [0.1, 0.15) is 0 Å². The van der Waals surface area contributed by atoms with E-state index >= 15 is 0 Å². The van der Waals surface area contributed by atoms with Crippen molar-refractivity contribution in [2.45, 2.75) is 71.6 Å². The molecule has 234 valence electrons. The zero-order valence-electron chi connectivity index (χ0n) is 29.0. The molecule has 47 heavy (non-hydrogen) atoms. The Bertz CT molecular complexity index is 2020. The highest BCUT2D eigenvalue weighted by molar-refractivity contribution is 5.86. The molecular formula is C47H46. The van der Waals surface area contributed by atoms with E-state index in [9.17, 15) is 0 Å². The van der Waals surface area contributed by atoms with Gasteiger partial charge < -0.3 is 0 Å². The van der Waals surface area contributed by atoms with Gasteiger partial charge >= 0.3 is 0 Å². The number of fused-ring (bicyclic) bond motifs is 3. The van der Waals surface area contributed by atoms with E-state index in [-0.39, 0.29) is 16.7 Å². The van der Waals surface area contributed by atoms with Gasteiger partial charge in [0.25, 0.3) is 0 Å². The molecule has 0 nitrogen and oxygen atoms in total. The fourth-order valence-electron chi connectivity index (χ4n) is 7.77. The Kier molecular flexibility index (Phi) is 7.80. The summed E-state index contributed by atoms with van der Waals surface area (Å²) in [6, 6.07) is 40.4. The number of aryl methyl sites for hydroxylation is 1. The third-order valence-corrected chi connectivity index (χ3v) is 10.5. The highest BCUT2D eigenvalue weighted by atomic mass is 14.4. The summed E-state index contributed by atoms with van der Waals surface area (Å²) in [4.78, 5) is 0. The molecule has 2 aliphatic carbocycles. The Hall–Kier alpha value is -4.68. The number of benzene rings is 5. The van der Waals surface area contributed by atoms with Gasteiger partial charge in [-0.2, -0.15) is 0 Å². The average Bonchev–Trinajstić information content (AvgIpc) is 3.69. The van der Waals surface area contributed by atoms with E-state index < -0.39 is 0 Å². The molecule has 2 aliphatic rings. The maximum Gasteiger partial charge on any atom is 0.0284 e. The van der Waals surface area contributed by atoms with Crippen molar-refractivity contribution >= 4 is 11.1 Å². The molecule has 0 heteroatoms. The SMILES string of the molecule is Cc1cccc(C2=CC=CC2c2c(C(C)(C)C)ccc3c2Cc2cc(C(C)(C)C=C(c4ccccc4)c4ccccc4)ccc2-3)c1C. The quantitative estimate of drug-likeness (QED) is 0.176. The molecule has 1 unspecified atom stereocenters. The Balaban J connectivity index is 1.32. The second-order valence-corrected chi connectivity index (χ2v) is 15.1. The number of allylic oxidation sites excluding steroid dienone is 5. The standard InChI is InChI=1S/C47H46/c1-31-16-14-21-37(32(31)2)39-22-15-23-41(39)45-42-29-35-28-36(24-25-38(35)40(42)26-27-44(45)46(3,4)5)47(6,7)30-43(33-17-10-8-11-18-33)34-19-12-9-13-20-34/h8-28,30,41H,29H2,1-7H3. The average molecular weight is 611 g/mol. The van der Waals surface area contributed by atoms with E-state index in [1.807, 2.05) is 0 Å². The highest BCUT2D eigenvalue weighted by Gasteiger charge is 2.33. The summed E-state index contributed by atoms with van der Waals surface area (Å²) in [7, 11) is 0. The van der Waals surface area contributed by atoms with E-state index in [1.165, 1.54) is 77.9 Å². The minimum atomic E-state index is -0.170. The Labute approximate surface area is 282 Å². The largest absolute Gasteiger partial charge is 0.0726 e. The minimum absolute atomic E-state index is 0.0333. The van der Waals surface area contributed by atoms with Crippen molar-refractivity contribution in [3.8, 4) is 11.1 Å². The molecule has 0 heterocycles. The number of rotatable bonds is 6. The second kappa shape index (κ2) is 11.8. The van der Waals surface area contributed by atoms with Crippen molar-refractivity contribution in [1.29, 1.82) is 0 Å². The maximum absolute atomic E-state index is 2.49. The predicted molar refractivity (Wildman–Crippen MR) is 202 cm³/mol. The van der Waals surface area contributed by atoms with Gasteiger partial charge in [-0.1, -0.05) is 168 Å². The molecule has 0 saturated heterocycles. The van der Waals surface area contributed by atoms with Gasteiger partial charge in [-0.25, -0.2) is 0 Å². The molecule has 0 aromatic heterocycles. The first kappa shape index (κ1) is 30.9. The second-order valence-electron chi connectivity index (χ2n) is 15.1.